The Labute approximate surface area is 340 Å². The molecule has 0 aromatic heterocycles. The van der Waals surface area contributed by atoms with Crippen LogP contribution >= 0.6 is 23.2 Å². The number of benzene rings is 4. The first kappa shape index (κ1) is 41.6. The second kappa shape index (κ2) is 15.3. The van der Waals surface area contributed by atoms with Gasteiger partial charge < -0.3 is 15.2 Å². The molecule has 306 valence electrons. The number of rotatable bonds is 6. The maximum Gasteiger partial charge on any atom is 0.218 e. The number of carbonyl (C=O) groups is 3. The fourth-order valence-corrected chi connectivity index (χ4v) is 13.9. The lowest BCUT2D eigenvalue weighted by molar-refractivity contribution is -0.133. The minimum Gasteiger partial charge on any atom is -0.490 e. The summed E-state index contributed by atoms with van der Waals surface area (Å²) in [6.45, 7) is -0.560. The van der Waals surface area contributed by atoms with Crippen LogP contribution in [0.15, 0.2) is 82.6 Å². The Morgan fingerprint density at radius 3 is 1.64 bits per heavy atom. The quantitative estimate of drug-likeness (QED) is 0.197. The summed E-state index contributed by atoms with van der Waals surface area (Å²) in [5, 5.41) is 0.648. The Kier molecular flexibility index (Phi) is 11.0. The number of carbonyl (C=O) groups excluding carboxylic acids is 3. The number of hydrogen-bond acceptors (Lipinski definition) is 9. The summed E-state index contributed by atoms with van der Waals surface area (Å²) in [5.74, 6) is -8.79. The van der Waals surface area contributed by atoms with E-state index in [1.165, 1.54) is 48.5 Å². The lowest BCUT2D eigenvalue weighted by Gasteiger charge is -2.49. The Morgan fingerprint density at radius 1 is 0.672 bits per heavy atom. The Bertz CT molecular complexity index is 2580. The first-order valence-corrected chi connectivity index (χ1v) is 21.6. The third kappa shape index (κ3) is 6.56. The van der Waals surface area contributed by atoms with Gasteiger partial charge in [0.05, 0.1) is 34.1 Å². The second-order valence-electron chi connectivity index (χ2n) is 14.6. The summed E-state index contributed by atoms with van der Waals surface area (Å²) in [5.41, 5.74) is 4.53. The van der Waals surface area contributed by atoms with Gasteiger partial charge in [-0.3, -0.25) is 14.4 Å². The molecule has 0 saturated heterocycles. The fraction of sp³-hybridized carbons (Fsp3) is 0.325. The number of nitrogens with two attached hydrogens (primary N) is 1. The molecular formula is C40H33Cl2F4NO9S2. The predicted molar refractivity (Wildman–Crippen MR) is 202 cm³/mol. The first-order valence-electron chi connectivity index (χ1n) is 17.9. The molecule has 0 radical (unpaired) electrons. The van der Waals surface area contributed by atoms with Crippen LogP contribution in [-0.4, -0.2) is 47.5 Å². The summed E-state index contributed by atoms with van der Waals surface area (Å²) in [4.78, 5) is 36.1. The van der Waals surface area contributed by atoms with Gasteiger partial charge in [0.1, 0.15) is 32.7 Å². The Morgan fingerprint density at radius 2 is 1.12 bits per heavy atom. The van der Waals surface area contributed by atoms with Crippen molar-refractivity contribution in [3.63, 3.8) is 0 Å². The van der Waals surface area contributed by atoms with E-state index in [1.54, 1.807) is 0 Å². The number of ketones is 2. The van der Waals surface area contributed by atoms with Gasteiger partial charge in [0.2, 0.25) is 5.91 Å². The van der Waals surface area contributed by atoms with Crippen molar-refractivity contribution in [3.05, 3.63) is 117 Å². The first-order chi connectivity index (χ1) is 27.4. The van der Waals surface area contributed by atoms with Gasteiger partial charge in [-0.05, 0) is 85.6 Å². The molecule has 0 unspecified atom stereocenters. The van der Waals surface area contributed by atoms with Crippen LogP contribution < -0.4 is 15.2 Å². The SMILES string of the molecule is NC(=O)C[C@@H]1C(=O)CC[C@@]2(S(=O)(=O)c3ccc(Cl)cc3)c3c(F)ccc(F)c3OC[C@@H]12.O=C1CC[C@@]2(S(=O)(=O)c3ccc(Cl)cc3)c3c(F)ccc(F)c3OC[C@H]2C1. The van der Waals surface area contributed by atoms with Gasteiger partial charge in [0.15, 0.2) is 42.8 Å². The number of primary amides is 1. The molecule has 1 amide bonds. The molecule has 10 nitrogen and oxygen atoms in total. The van der Waals surface area contributed by atoms with E-state index in [0.717, 1.165) is 24.3 Å². The van der Waals surface area contributed by atoms with Crippen molar-refractivity contribution < 1.29 is 58.3 Å². The molecule has 5 atom stereocenters. The van der Waals surface area contributed by atoms with Crippen LogP contribution in [0.4, 0.5) is 17.6 Å². The largest absolute Gasteiger partial charge is 0.490 e. The van der Waals surface area contributed by atoms with Gasteiger partial charge in [0.25, 0.3) is 0 Å². The van der Waals surface area contributed by atoms with Gasteiger partial charge >= 0.3 is 0 Å². The molecule has 4 aromatic rings. The molecule has 2 saturated carbocycles. The van der Waals surface area contributed by atoms with Crippen LogP contribution in [0.2, 0.25) is 10.0 Å². The molecule has 58 heavy (non-hydrogen) atoms. The van der Waals surface area contributed by atoms with Crippen molar-refractivity contribution in [1.29, 1.82) is 0 Å². The normalized spacial score (nSPS) is 25.0. The molecule has 0 spiro atoms. The monoisotopic (exact) mass is 881 g/mol. The van der Waals surface area contributed by atoms with E-state index < -0.39 is 99.6 Å². The number of fused-ring (bicyclic) bond motifs is 6. The highest BCUT2D eigenvalue weighted by atomic mass is 35.5. The highest BCUT2D eigenvalue weighted by molar-refractivity contribution is 7.92. The third-order valence-corrected chi connectivity index (χ3v) is 17.2. The molecule has 4 aromatic carbocycles. The minimum absolute atomic E-state index is 0.0291. The van der Waals surface area contributed by atoms with Gasteiger partial charge in [-0.15, -0.1) is 0 Å². The van der Waals surface area contributed by atoms with Gasteiger partial charge in [-0.2, -0.15) is 0 Å². The average molecular weight is 883 g/mol. The fourth-order valence-electron chi connectivity index (χ4n) is 8.96. The van der Waals surface area contributed by atoms with Crippen molar-refractivity contribution in [1.82, 2.24) is 0 Å². The van der Waals surface area contributed by atoms with E-state index in [9.17, 15) is 44.4 Å². The van der Waals surface area contributed by atoms with Crippen molar-refractivity contribution in [2.24, 2.45) is 23.5 Å². The van der Waals surface area contributed by atoms with E-state index in [1.807, 2.05) is 0 Å². The summed E-state index contributed by atoms with van der Waals surface area (Å²) in [6, 6.07) is 14.3. The summed E-state index contributed by atoms with van der Waals surface area (Å²) in [6.07, 6.45) is -1.17. The lowest BCUT2D eigenvalue weighted by Crippen LogP contribution is -2.56. The van der Waals surface area contributed by atoms with Crippen molar-refractivity contribution >= 4 is 60.4 Å². The third-order valence-electron chi connectivity index (χ3n) is 11.6. The van der Waals surface area contributed by atoms with Crippen LogP contribution in [0.3, 0.4) is 0 Å². The molecular weight excluding hydrogens is 849 g/mol. The molecule has 4 aliphatic rings. The van der Waals surface area contributed by atoms with Crippen molar-refractivity contribution in [2.45, 2.75) is 57.8 Å². The average Bonchev–Trinajstić information content (AvgIpc) is 3.18. The minimum atomic E-state index is -4.39. The number of hydrogen-bond donors (Lipinski definition) is 1. The molecule has 2 aliphatic carbocycles. The van der Waals surface area contributed by atoms with E-state index in [-0.39, 0.29) is 72.2 Å². The number of Topliss-reactive ketones (excluding diaryl/α,β-unsaturated/α-hetero) is 2. The number of amides is 1. The Balaban J connectivity index is 0.000000178. The highest BCUT2D eigenvalue weighted by Gasteiger charge is 2.63. The molecule has 8 rings (SSSR count). The second-order valence-corrected chi connectivity index (χ2v) is 19.9. The summed E-state index contributed by atoms with van der Waals surface area (Å²) in [7, 11) is -8.57. The van der Waals surface area contributed by atoms with Crippen LogP contribution in [0.25, 0.3) is 0 Å². The van der Waals surface area contributed by atoms with Crippen molar-refractivity contribution in [2.75, 3.05) is 13.2 Å². The van der Waals surface area contributed by atoms with E-state index in [4.69, 9.17) is 38.4 Å². The molecule has 0 bridgehead atoms. The van der Waals surface area contributed by atoms with Crippen LogP contribution in [0, 0.1) is 41.0 Å². The van der Waals surface area contributed by atoms with Gasteiger partial charge in [-0.25, -0.2) is 34.4 Å². The standard InChI is InChI=1S/C21H18ClF2NO5S.C19H15ClF2O4S/c22-11-1-3-12(4-2-11)31(28,29)21-8-7-17(26)13(9-18(25)27)14(21)10-30-20-16(24)6-5-15(23)19(20)21;20-12-1-3-14(4-2-12)27(24,25)19-8-7-13(23)9-11(19)10-26-18-16(22)6-5-15(21)17(18)19/h1-6,13-14H,7-10H2,(H2,25,27);1-6,11H,7-10H2/t13-,14-,21-;11-,19+/m01/s1. The smallest absolute Gasteiger partial charge is 0.218 e. The molecule has 2 aliphatic heterocycles. The maximum absolute atomic E-state index is 15.2. The summed E-state index contributed by atoms with van der Waals surface area (Å²) >= 11 is 11.7. The Hall–Kier alpha value is -4.51. The summed E-state index contributed by atoms with van der Waals surface area (Å²) < 4.78 is 121. The van der Waals surface area contributed by atoms with Crippen LogP contribution in [0.1, 0.15) is 49.7 Å². The highest BCUT2D eigenvalue weighted by Crippen LogP contribution is 2.58. The van der Waals surface area contributed by atoms with Crippen LogP contribution in [-0.2, 0) is 43.6 Å². The van der Waals surface area contributed by atoms with E-state index >= 15 is 4.39 Å². The zero-order valence-corrected chi connectivity index (χ0v) is 33.3. The van der Waals surface area contributed by atoms with Crippen molar-refractivity contribution in [3.8, 4) is 11.5 Å². The number of sulfone groups is 2. The number of halogens is 6. The lowest BCUT2D eigenvalue weighted by atomic mass is 9.66. The van der Waals surface area contributed by atoms with Gasteiger partial charge in [-0.1, -0.05) is 23.2 Å². The molecule has 2 heterocycles. The predicted octanol–water partition coefficient (Wildman–Crippen LogP) is 7.20. The van der Waals surface area contributed by atoms with Crippen LogP contribution in [0.5, 0.6) is 11.5 Å². The van der Waals surface area contributed by atoms with E-state index in [0.29, 0.717) is 10.0 Å². The topological polar surface area (TPSA) is 164 Å². The maximum atomic E-state index is 15.2. The van der Waals surface area contributed by atoms with Gasteiger partial charge in [0, 0.05) is 53.5 Å². The molecule has 2 fully saturated rings. The zero-order chi connectivity index (χ0) is 41.9. The van der Waals surface area contributed by atoms with E-state index in [2.05, 4.69) is 0 Å². The molecule has 2 N–H and O–H groups in total. The molecule has 18 heteroatoms. The zero-order valence-electron chi connectivity index (χ0n) is 30.2. The number of ether oxygens (including phenoxy) is 2.